The Kier molecular flexibility index (Phi) is 5.43. The third-order valence-electron chi connectivity index (χ3n) is 5.71. The molecule has 2 heterocycles. The highest BCUT2D eigenvalue weighted by molar-refractivity contribution is 6.33. The first-order chi connectivity index (χ1) is 13.9. The summed E-state index contributed by atoms with van der Waals surface area (Å²) in [7, 11) is 2.10. The summed E-state index contributed by atoms with van der Waals surface area (Å²) in [4.78, 5) is 19.6. The molecular formula is C23H25ClN4O. The molecule has 1 aromatic heterocycles. The summed E-state index contributed by atoms with van der Waals surface area (Å²) in [6, 6.07) is 12.0. The Morgan fingerprint density at radius 2 is 2.00 bits per heavy atom. The zero-order valence-electron chi connectivity index (χ0n) is 16.7. The summed E-state index contributed by atoms with van der Waals surface area (Å²) in [5.41, 5.74) is 9.64. The van der Waals surface area contributed by atoms with Gasteiger partial charge in [-0.15, -0.1) is 0 Å². The van der Waals surface area contributed by atoms with E-state index in [2.05, 4.69) is 22.2 Å². The van der Waals surface area contributed by atoms with Crippen molar-refractivity contribution in [2.45, 2.75) is 25.8 Å². The largest absolute Gasteiger partial charge is 0.383 e. The van der Waals surface area contributed by atoms with Crippen LogP contribution in [0.2, 0.25) is 5.02 Å². The molecule has 0 spiro atoms. The van der Waals surface area contributed by atoms with Crippen LogP contribution >= 0.6 is 11.6 Å². The number of nitrogen functional groups attached to an aromatic ring is 1. The minimum atomic E-state index is -0.156. The van der Waals surface area contributed by atoms with Crippen molar-refractivity contribution in [3.05, 3.63) is 58.7 Å². The summed E-state index contributed by atoms with van der Waals surface area (Å²) < 4.78 is 0. The van der Waals surface area contributed by atoms with E-state index in [1.54, 1.807) is 6.20 Å². The number of likely N-dealkylation sites (tertiary alicyclic amines) is 1. The van der Waals surface area contributed by atoms with Gasteiger partial charge in [-0.05, 0) is 68.5 Å². The van der Waals surface area contributed by atoms with Gasteiger partial charge in [-0.3, -0.25) is 4.79 Å². The molecular weight excluding hydrogens is 384 g/mol. The van der Waals surface area contributed by atoms with Crippen LogP contribution in [-0.4, -0.2) is 42.0 Å². The average Bonchev–Trinajstić information content (AvgIpc) is 2.69. The Labute approximate surface area is 175 Å². The van der Waals surface area contributed by atoms with Crippen LogP contribution < -0.4 is 11.1 Å². The number of carbonyl (C=O) groups excluding carboxylic acids is 1. The van der Waals surface area contributed by atoms with Crippen molar-refractivity contribution in [2.24, 2.45) is 0 Å². The van der Waals surface area contributed by atoms with Crippen molar-refractivity contribution in [2.75, 3.05) is 25.9 Å². The van der Waals surface area contributed by atoms with Gasteiger partial charge in [-0.2, -0.15) is 0 Å². The number of hydrogen-bond donors (Lipinski definition) is 2. The smallest absolute Gasteiger partial charge is 0.255 e. The van der Waals surface area contributed by atoms with Crippen LogP contribution in [0.15, 0.2) is 42.6 Å². The molecule has 1 fully saturated rings. The van der Waals surface area contributed by atoms with Crippen LogP contribution in [0.25, 0.3) is 21.9 Å². The molecule has 0 bridgehead atoms. The Balaban J connectivity index is 1.70. The number of fused-ring (bicyclic) bond motifs is 1. The number of carbonyl (C=O) groups is 1. The van der Waals surface area contributed by atoms with E-state index in [0.717, 1.165) is 53.4 Å². The fraction of sp³-hybridized carbons (Fsp3) is 0.304. The van der Waals surface area contributed by atoms with Crippen molar-refractivity contribution in [1.29, 1.82) is 0 Å². The number of nitrogens with zero attached hydrogens (tertiary/aromatic N) is 2. The lowest BCUT2D eigenvalue weighted by molar-refractivity contribution is 0.0919. The molecule has 29 heavy (non-hydrogen) atoms. The van der Waals surface area contributed by atoms with Crippen LogP contribution in [-0.2, 0) is 0 Å². The number of amides is 1. The first-order valence-electron chi connectivity index (χ1n) is 9.87. The second-order valence-electron chi connectivity index (χ2n) is 7.80. The van der Waals surface area contributed by atoms with Gasteiger partial charge in [0.05, 0.1) is 5.56 Å². The fourth-order valence-corrected chi connectivity index (χ4v) is 4.37. The number of rotatable bonds is 3. The van der Waals surface area contributed by atoms with Crippen LogP contribution in [0.1, 0.15) is 28.8 Å². The Morgan fingerprint density at radius 1 is 1.24 bits per heavy atom. The highest BCUT2D eigenvalue weighted by Crippen LogP contribution is 2.34. The lowest BCUT2D eigenvalue weighted by Crippen LogP contribution is -2.43. The summed E-state index contributed by atoms with van der Waals surface area (Å²) in [5.74, 6) is 0.0985. The van der Waals surface area contributed by atoms with Crippen molar-refractivity contribution in [1.82, 2.24) is 15.2 Å². The first-order valence-corrected chi connectivity index (χ1v) is 10.2. The monoisotopic (exact) mass is 408 g/mol. The van der Waals surface area contributed by atoms with Gasteiger partial charge in [-0.25, -0.2) is 4.98 Å². The number of pyridine rings is 1. The summed E-state index contributed by atoms with van der Waals surface area (Å²) in [5, 5.41) is 5.52. The average molecular weight is 409 g/mol. The molecule has 0 aliphatic carbocycles. The van der Waals surface area contributed by atoms with Gasteiger partial charge in [0.2, 0.25) is 0 Å². The van der Waals surface area contributed by atoms with E-state index in [0.29, 0.717) is 10.6 Å². The first kappa shape index (κ1) is 19.7. The van der Waals surface area contributed by atoms with E-state index in [-0.39, 0.29) is 17.8 Å². The molecule has 1 amide bonds. The number of aryl methyl sites for hydroxylation is 1. The van der Waals surface area contributed by atoms with E-state index in [1.165, 1.54) is 0 Å². The van der Waals surface area contributed by atoms with Crippen LogP contribution in [0.3, 0.4) is 0 Å². The molecule has 1 aliphatic heterocycles. The molecule has 150 valence electrons. The second kappa shape index (κ2) is 8.01. The molecule has 6 heteroatoms. The van der Waals surface area contributed by atoms with Gasteiger partial charge in [0.15, 0.2) is 0 Å². The van der Waals surface area contributed by atoms with Gasteiger partial charge in [0, 0.05) is 28.2 Å². The van der Waals surface area contributed by atoms with Gasteiger partial charge in [0.25, 0.3) is 5.91 Å². The third-order valence-corrected chi connectivity index (χ3v) is 6.03. The molecule has 1 aliphatic rings. The van der Waals surface area contributed by atoms with E-state index < -0.39 is 0 Å². The van der Waals surface area contributed by atoms with Gasteiger partial charge >= 0.3 is 0 Å². The number of aromatic nitrogens is 1. The van der Waals surface area contributed by atoms with E-state index in [4.69, 9.17) is 17.3 Å². The number of anilines is 1. The summed E-state index contributed by atoms with van der Waals surface area (Å²) in [6.07, 6.45) is 3.60. The van der Waals surface area contributed by atoms with E-state index >= 15 is 0 Å². The van der Waals surface area contributed by atoms with Crippen molar-refractivity contribution in [3.63, 3.8) is 0 Å². The van der Waals surface area contributed by atoms with Gasteiger partial charge < -0.3 is 16.0 Å². The SMILES string of the molecule is Cc1cccc(Cl)c1-c1ccc2c(C(=O)NC3CCN(C)CC3)c(N)ncc2c1. The standard InChI is InChI=1S/C23H25ClN4O/c1-14-4-3-5-19(24)20(14)15-6-7-18-16(12-15)13-26-22(25)21(18)23(29)27-17-8-10-28(2)11-9-17/h3-7,12-13,17H,8-11H2,1-2H3,(H2,25,26)(H,27,29). The predicted molar refractivity (Wildman–Crippen MR) is 119 cm³/mol. The second-order valence-corrected chi connectivity index (χ2v) is 8.21. The molecule has 0 radical (unpaired) electrons. The van der Waals surface area contributed by atoms with Crippen molar-refractivity contribution in [3.8, 4) is 11.1 Å². The highest BCUT2D eigenvalue weighted by atomic mass is 35.5. The third kappa shape index (κ3) is 3.93. The molecule has 1 saturated heterocycles. The topological polar surface area (TPSA) is 71.2 Å². The molecule has 3 aromatic rings. The zero-order valence-corrected chi connectivity index (χ0v) is 17.5. The van der Waals surface area contributed by atoms with Crippen LogP contribution in [0, 0.1) is 6.92 Å². The molecule has 4 rings (SSSR count). The molecule has 2 aromatic carbocycles. The number of piperidine rings is 1. The van der Waals surface area contributed by atoms with Gasteiger partial charge in [-0.1, -0.05) is 35.9 Å². The Hall–Kier alpha value is -2.63. The minimum Gasteiger partial charge on any atom is -0.383 e. The molecule has 5 nitrogen and oxygen atoms in total. The Bertz CT molecular complexity index is 1050. The lowest BCUT2D eigenvalue weighted by atomic mass is 9.96. The maximum atomic E-state index is 13.0. The predicted octanol–water partition coefficient (Wildman–Crippen LogP) is 4.27. The van der Waals surface area contributed by atoms with Crippen molar-refractivity contribution < 1.29 is 4.79 Å². The molecule has 3 N–H and O–H groups in total. The molecule has 0 unspecified atom stereocenters. The summed E-state index contributed by atoms with van der Waals surface area (Å²) in [6.45, 7) is 4.00. The lowest BCUT2D eigenvalue weighted by Gasteiger charge is -2.29. The fourth-order valence-electron chi connectivity index (χ4n) is 4.04. The number of nitrogens with one attached hydrogen (secondary N) is 1. The number of halogens is 1. The van der Waals surface area contributed by atoms with E-state index in [9.17, 15) is 4.79 Å². The minimum absolute atomic E-state index is 0.156. The number of hydrogen-bond acceptors (Lipinski definition) is 4. The maximum Gasteiger partial charge on any atom is 0.255 e. The van der Waals surface area contributed by atoms with Gasteiger partial charge in [0.1, 0.15) is 5.82 Å². The number of benzene rings is 2. The maximum absolute atomic E-state index is 13.0. The highest BCUT2D eigenvalue weighted by Gasteiger charge is 2.22. The number of nitrogens with two attached hydrogens (primary N) is 1. The Morgan fingerprint density at radius 3 is 2.72 bits per heavy atom. The van der Waals surface area contributed by atoms with E-state index in [1.807, 2.05) is 43.3 Å². The zero-order chi connectivity index (χ0) is 20.5. The van der Waals surface area contributed by atoms with Crippen molar-refractivity contribution >= 4 is 34.1 Å². The van der Waals surface area contributed by atoms with Crippen LogP contribution in [0.5, 0.6) is 0 Å². The normalized spacial score (nSPS) is 15.6. The quantitative estimate of drug-likeness (QED) is 0.678. The summed E-state index contributed by atoms with van der Waals surface area (Å²) >= 11 is 6.44. The molecule has 0 saturated carbocycles. The molecule has 0 atom stereocenters. The van der Waals surface area contributed by atoms with Crippen LogP contribution in [0.4, 0.5) is 5.82 Å².